The van der Waals surface area contributed by atoms with Gasteiger partial charge in [-0.15, -0.1) is 0 Å². The van der Waals surface area contributed by atoms with E-state index in [-0.39, 0.29) is 5.41 Å². The number of alkyl halides is 1. The van der Waals surface area contributed by atoms with Crippen molar-refractivity contribution in [2.24, 2.45) is 5.41 Å². The molecule has 6 heteroatoms. The highest BCUT2D eigenvalue weighted by molar-refractivity contribution is 6.19. The highest BCUT2D eigenvalue weighted by Gasteiger charge is 2.32. The van der Waals surface area contributed by atoms with Crippen molar-refractivity contribution >= 4 is 23.7 Å². The predicted octanol–water partition coefficient (Wildman–Crippen LogP) is 4.58. The predicted molar refractivity (Wildman–Crippen MR) is 98.8 cm³/mol. The molecular weight excluding hydrogens is 342 g/mol. The van der Waals surface area contributed by atoms with Crippen LogP contribution in [0.15, 0.2) is 30.3 Å². The van der Waals surface area contributed by atoms with Crippen LogP contribution in [0.2, 0.25) is 0 Å². The summed E-state index contributed by atoms with van der Waals surface area (Å²) in [5.74, 6) is -0.833. The Hall–Kier alpha value is -1.75. The van der Waals surface area contributed by atoms with Crippen LogP contribution in [-0.2, 0) is 16.0 Å². The number of amides is 1. The third-order valence-corrected chi connectivity index (χ3v) is 4.30. The summed E-state index contributed by atoms with van der Waals surface area (Å²) in [6.07, 6.45) is 6.64. The van der Waals surface area contributed by atoms with E-state index in [1.807, 2.05) is 6.07 Å². The third kappa shape index (κ3) is 9.34. The van der Waals surface area contributed by atoms with Gasteiger partial charge in [0.25, 0.3) is 5.97 Å². The second-order valence-electron chi connectivity index (χ2n) is 6.54. The van der Waals surface area contributed by atoms with Crippen LogP contribution in [0.4, 0.5) is 4.79 Å². The quantitative estimate of drug-likeness (QED) is 0.745. The molecular formula is C19H28ClNO4. The average molecular weight is 370 g/mol. The Bertz CT molecular complexity index is 523. The summed E-state index contributed by atoms with van der Waals surface area (Å²) >= 11 is 5.68. The summed E-state index contributed by atoms with van der Waals surface area (Å²) in [4.78, 5) is 20.7. The van der Waals surface area contributed by atoms with Crippen LogP contribution in [0, 0.1) is 5.41 Å². The monoisotopic (exact) mass is 369 g/mol. The Kier molecular flexibility index (Phi) is 9.35. The van der Waals surface area contributed by atoms with Crippen molar-refractivity contribution in [1.29, 1.82) is 0 Å². The van der Waals surface area contributed by atoms with Gasteiger partial charge in [0.2, 0.25) is 0 Å². The first-order valence-corrected chi connectivity index (χ1v) is 9.09. The molecule has 2 rings (SSSR count). The average Bonchev–Trinajstić information content (AvgIpc) is 2.54. The summed E-state index contributed by atoms with van der Waals surface area (Å²) in [7, 11) is 0. The molecule has 1 aromatic carbocycles. The molecule has 0 aromatic heterocycles. The lowest BCUT2D eigenvalue weighted by Crippen LogP contribution is -2.41. The minimum atomic E-state index is -0.833. The summed E-state index contributed by atoms with van der Waals surface area (Å²) in [5.41, 5.74) is 0.885. The van der Waals surface area contributed by atoms with Gasteiger partial charge in [-0.3, -0.25) is 4.79 Å². The molecule has 5 nitrogen and oxygen atoms in total. The smallest absolute Gasteiger partial charge is 0.408 e. The number of rotatable bonds is 5. The molecule has 1 amide bonds. The van der Waals surface area contributed by atoms with Gasteiger partial charge in [0.1, 0.15) is 0 Å². The third-order valence-electron chi connectivity index (χ3n) is 4.21. The molecule has 1 unspecified atom stereocenters. The SMILES string of the molecule is CC(=O)O.CC(Cl)OC(=O)NCC1(Cc2ccccc2)CCCCC1. The van der Waals surface area contributed by atoms with Crippen LogP contribution in [0.25, 0.3) is 0 Å². The Morgan fingerprint density at radius 3 is 2.32 bits per heavy atom. The van der Waals surface area contributed by atoms with E-state index < -0.39 is 17.6 Å². The van der Waals surface area contributed by atoms with Crippen LogP contribution in [-0.4, -0.2) is 29.3 Å². The number of halogens is 1. The molecule has 0 spiro atoms. The lowest BCUT2D eigenvalue weighted by molar-refractivity contribution is -0.134. The van der Waals surface area contributed by atoms with Crippen LogP contribution in [0.5, 0.6) is 0 Å². The van der Waals surface area contributed by atoms with Crippen LogP contribution < -0.4 is 5.32 Å². The number of aliphatic carboxylic acids is 1. The molecule has 25 heavy (non-hydrogen) atoms. The normalized spacial score (nSPS) is 16.8. The molecule has 0 bridgehead atoms. The van der Waals surface area contributed by atoms with Gasteiger partial charge < -0.3 is 15.2 Å². The van der Waals surface area contributed by atoms with Gasteiger partial charge in [-0.2, -0.15) is 0 Å². The highest BCUT2D eigenvalue weighted by atomic mass is 35.5. The maximum atomic E-state index is 11.7. The van der Waals surface area contributed by atoms with Crippen molar-refractivity contribution in [3.05, 3.63) is 35.9 Å². The molecule has 1 fully saturated rings. The number of carboxylic acids is 1. The second-order valence-corrected chi connectivity index (χ2v) is 7.16. The minimum Gasteiger partial charge on any atom is -0.481 e. The topological polar surface area (TPSA) is 75.6 Å². The van der Waals surface area contributed by atoms with Gasteiger partial charge >= 0.3 is 6.09 Å². The Balaban J connectivity index is 0.000000705. The van der Waals surface area contributed by atoms with Crippen LogP contribution in [0.1, 0.15) is 51.5 Å². The number of alkyl carbamates (subject to hydrolysis) is 1. The fraction of sp³-hybridized carbons (Fsp3) is 0.579. The number of carbonyl (C=O) groups excluding carboxylic acids is 1. The minimum absolute atomic E-state index is 0.147. The van der Waals surface area contributed by atoms with E-state index in [1.165, 1.54) is 24.8 Å². The fourth-order valence-corrected chi connectivity index (χ4v) is 3.28. The van der Waals surface area contributed by atoms with Gasteiger partial charge in [-0.05, 0) is 37.2 Å². The zero-order valence-corrected chi connectivity index (χ0v) is 15.7. The van der Waals surface area contributed by atoms with Crippen molar-refractivity contribution in [1.82, 2.24) is 5.32 Å². The van der Waals surface area contributed by atoms with E-state index >= 15 is 0 Å². The zero-order chi connectivity index (χ0) is 18.7. The molecule has 1 saturated carbocycles. The van der Waals surface area contributed by atoms with Crippen molar-refractivity contribution < 1.29 is 19.4 Å². The zero-order valence-electron chi connectivity index (χ0n) is 15.0. The van der Waals surface area contributed by atoms with E-state index in [4.69, 9.17) is 26.2 Å². The van der Waals surface area contributed by atoms with E-state index in [9.17, 15) is 4.79 Å². The molecule has 1 aliphatic carbocycles. The van der Waals surface area contributed by atoms with Gasteiger partial charge in [0.05, 0.1) is 0 Å². The molecule has 1 atom stereocenters. The Morgan fingerprint density at radius 1 is 1.24 bits per heavy atom. The van der Waals surface area contributed by atoms with Crippen LogP contribution >= 0.6 is 11.6 Å². The molecule has 1 aromatic rings. The summed E-state index contributed by atoms with van der Waals surface area (Å²) in [6, 6.07) is 10.5. The van der Waals surface area contributed by atoms with Crippen molar-refractivity contribution in [3.8, 4) is 0 Å². The number of hydrogen-bond donors (Lipinski definition) is 2. The van der Waals surface area contributed by atoms with Crippen molar-refractivity contribution in [2.75, 3.05) is 6.54 Å². The van der Waals surface area contributed by atoms with Gasteiger partial charge in [0.15, 0.2) is 5.56 Å². The Morgan fingerprint density at radius 2 is 1.80 bits per heavy atom. The largest absolute Gasteiger partial charge is 0.481 e. The first-order chi connectivity index (χ1) is 11.8. The second kappa shape index (κ2) is 11.0. The molecule has 0 saturated heterocycles. The number of hydrogen-bond acceptors (Lipinski definition) is 3. The van der Waals surface area contributed by atoms with Crippen molar-refractivity contribution in [2.45, 2.75) is 57.9 Å². The Labute approximate surface area is 154 Å². The van der Waals surface area contributed by atoms with E-state index in [1.54, 1.807) is 6.92 Å². The number of carboxylic acid groups (broad SMARTS) is 1. The molecule has 0 aliphatic heterocycles. The number of nitrogens with one attached hydrogen (secondary N) is 1. The first kappa shape index (κ1) is 21.3. The van der Waals surface area contributed by atoms with E-state index in [0.29, 0.717) is 6.54 Å². The lowest BCUT2D eigenvalue weighted by atomic mass is 9.70. The molecule has 140 valence electrons. The number of ether oxygens (including phenoxy) is 1. The first-order valence-electron chi connectivity index (χ1n) is 8.65. The molecule has 0 heterocycles. The molecule has 1 aliphatic rings. The van der Waals surface area contributed by atoms with Gasteiger partial charge in [-0.25, -0.2) is 4.79 Å². The van der Waals surface area contributed by atoms with E-state index in [0.717, 1.165) is 26.2 Å². The number of benzene rings is 1. The lowest BCUT2D eigenvalue weighted by Gasteiger charge is -2.37. The van der Waals surface area contributed by atoms with Gasteiger partial charge in [0, 0.05) is 13.5 Å². The van der Waals surface area contributed by atoms with E-state index in [2.05, 4.69) is 29.6 Å². The van der Waals surface area contributed by atoms with Crippen molar-refractivity contribution in [3.63, 3.8) is 0 Å². The van der Waals surface area contributed by atoms with Crippen LogP contribution in [0.3, 0.4) is 0 Å². The van der Waals surface area contributed by atoms with Gasteiger partial charge in [-0.1, -0.05) is 61.2 Å². The summed E-state index contributed by atoms with van der Waals surface area (Å²) in [6.45, 7) is 3.38. The maximum Gasteiger partial charge on any atom is 0.408 e. The molecule has 0 radical (unpaired) electrons. The highest BCUT2D eigenvalue weighted by Crippen LogP contribution is 2.38. The fourth-order valence-electron chi connectivity index (χ4n) is 3.20. The maximum absolute atomic E-state index is 11.7. The summed E-state index contributed by atoms with van der Waals surface area (Å²) < 4.78 is 4.95. The standard InChI is InChI=1S/C17H24ClNO2.C2H4O2/c1-14(18)21-16(20)19-13-17(10-6-3-7-11-17)12-15-8-4-2-5-9-15;1-2(3)4/h2,4-5,8-9,14H,3,6-7,10-13H2,1H3,(H,19,20);1H3,(H,3,4). The number of carbonyl (C=O) groups is 2. The summed E-state index contributed by atoms with van der Waals surface area (Å²) in [5, 5.41) is 10.3. The molecule has 2 N–H and O–H groups in total.